The highest BCUT2D eigenvalue weighted by atomic mass is 19.1. The zero-order valence-electron chi connectivity index (χ0n) is 11.8. The van der Waals surface area contributed by atoms with E-state index in [1.165, 1.54) is 12.1 Å². The number of rotatable bonds is 3. The molecule has 0 radical (unpaired) electrons. The first-order valence-corrected chi connectivity index (χ1v) is 6.38. The van der Waals surface area contributed by atoms with Crippen molar-refractivity contribution in [2.75, 3.05) is 17.7 Å². The van der Waals surface area contributed by atoms with Gasteiger partial charge >= 0.3 is 0 Å². The first-order valence-electron chi connectivity index (χ1n) is 6.38. The molecule has 4 heteroatoms. The lowest BCUT2D eigenvalue weighted by Gasteiger charge is -2.12. The predicted molar refractivity (Wildman–Crippen MR) is 79.8 cm³/mol. The molecule has 0 aromatic heterocycles. The number of carbonyl (C=O) groups is 1. The summed E-state index contributed by atoms with van der Waals surface area (Å²) in [6.07, 6.45) is 0. The number of carbonyl (C=O) groups excluding carboxylic acids is 1. The molecule has 0 aliphatic heterocycles. The largest absolute Gasteiger partial charge is 0.385 e. The Morgan fingerprint density at radius 1 is 1.15 bits per heavy atom. The molecule has 104 valence electrons. The highest BCUT2D eigenvalue weighted by molar-refractivity contribution is 6.08. The fraction of sp³-hybridized carbons (Fsp3) is 0.188. The molecule has 0 heterocycles. The van der Waals surface area contributed by atoms with Crippen molar-refractivity contribution >= 4 is 17.3 Å². The van der Waals surface area contributed by atoms with Crippen LogP contribution in [0, 0.1) is 19.7 Å². The molecule has 3 nitrogen and oxygen atoms in total. The van der Waals surface area contributed by atoms with Gasteiger partial charge in [-0.05, 0) is 37.6 Å². The van der Waals surface area contributed by atoms with Crippen LogP contribution in [0.2, 0.25) is 0 Å². The van der Waals surface area contributed by atoms with Crippen LogP contribution in [0.3, 0.4) is 0 Å². The van der Waals surface area contributed by atoms with Crippen LogP contribution >= 0.6 is 0 Å². The normalized spacial score (nSPS) is 10.2. The Morgan fingerprint density at radius 2 is 1.90 bits per heavy atom. The summed E-state index contributed by atoms with van der Waals surface area (Å²) in [4.78, 5) is 12.3. The number of aryl methyl sites for hydroxylation is 2. The van der Waals surface area contributed by atoms with Crippen molar-refractivity contribution in [1.82, 2.24) is 0 Å². The summed E-state index contributed by atoms with van der Waals surface area (Å²) < 4.78 is 13.6. The molecule has 0 saturated heterocycles. The number of amides is 1. The number of halogens is 1. The average Bonchev–Trinajstić information content (AvgIpc) is 2.41. The Kier molecular flexibility index (Phi) is 4.03. The van der Waals surface area contributed by atoms with Gasteiger partial charge in [0.25, 0.3) is 5.91 Å². The fourth-order valence-corrected chi connectivity index (χ4v) is 2.11. The molecule has 0 aliphatic rings. The van der Waals surface area contributed by atoms with E-state index >= 15 is 0 Å². The summed E-state index contributed by atoms with van der Waals surface area (Å²) in [5.74, 6) is -0.776. The van der Waals surface area contributed by atoms with Gasteiger partial charge in [0.2, 0.25) is 0 Å². The first-order chi connectivity index (χ1) is 9.52. The second-order valence-electron chi connectivity index (χ2n) is 4.68. The molecule has 0 atom stereocenters. The van der Waals surface area contributed by atoms with E-state index in [-0.39, 0.29) is 17.2 Å². The lowest BCUT2D eigenvalue weighted by molar-refractivity contribution is 0.102. The molecule has 0 spiro atoms. The molecule has 2 aromatic rings. The van der Waals surface area contributed by atoms with E-state index in [2.05, 4.69) is 10.6 Å². The lowest BCUT2D eigenvalue weighted by atomic mass is 10.1. The van der Waals surface area contributed by atoms with Crippen LogP contribution in [0.1, 0.15) is 21.5 Å². The summed E-state index contributed by atoms with van der Waals surface area (Å²) >= 11 is 0. The number of hydrogen-bond donors (Lipinski definition) is 2. The van der Waals surface area contributed by atoms with Crippen molar-refractivity contribution in [3.8, 4) is 0 Å². The van der Waals surface area contributed by atoms with Crippen LogP contribution in [-0.2, 0) is 0 Å². The first kappa shape index (κ1) is 14.1. The van der Waals surface area contributed by atoms with E-state index in [0.717, 1.165) is 16.8 Å². The minimum absolute atomic E-state index is 0.203. The Balaban J connectivity index is 2.31. The van der Waals surface area contributed by atoms with E-state index in [1.807, 2.05) is 32.0 Å². The van der Waals surface area contributed by atoms with Crippen LogP contribution in [-0.4, -0.2) is 13.0 Å². The third kappa shape index (κ3) is 2.79. The second-order valence-corrected chi connectivity index (χ2v) is 4.68. The Bertz CT molecular complexity index is 653. The van der Waals surface area contributed by atoms with Gasteiger partial charge in [0.05, 0.1) is 11.3 Å². The van der Waals surface area contributed by atoms with Gasteiger partial charge in [0, 0.05) is 12.7 Å². The molecule has 0 bridgehead atoms. The molecule has 0 fully saturated rings. The minimum Gasteiger partial charge on any atom is -0.385 e. The molecule has 2 rings (SSSR count). The molecule has 20 heavy (non-hydrogen) atoms. The van der Waals surface area contributed by atoms with Gasteiger partial charge in [-0.15, -0.1) is 0 Å². The van der Waals surface area contributed by atoms with E-state index in [1.54, 1.807) is 13.1 Å². The molecule has 0 unspecified atom stereocenters. The quantitative estimate of drug-likeness (QED) is 0.893. The van der Waals surface area contributed by atoms with Crippen molar-refractivity contribution in [3.63, 3.8) is 0 Å². The van der Waals surface area contributed by atoms with Crippen molar-refractivity contribution in [1.29, 1.82) is 0 Å². The molecule has 1 amide bonds. The second kappa shape index (κ2) is 5.74. The van der Waals surface area contributed by atoms with Crippen LogP contribution in [0.4, 0.5) is 15.8 Å². The van der Waals surface area contributed by atoms with E-state index in [9.17, 15) is 9.18 Å². The van der Waals surface area contributed by atoms with Gasteiger partial charge in [-0.2, -0.15) is 0 Å². The standard InChI is InChI=1S/C16H17FN2O/c1-10-7-8-14(11(2)9-10)19-16(20)12-5-4-6-13(17)15(12)18-3/h4-9,18H,1-3H3,(H,19,20). The van der Waals surface area contributed by atoms with E-state index < -0.39 is 5.82 Å². The summed E-state index contributed by atoms with van der Waals surface area (Å²) in [5, 5.41) is 5.53. The molecule has 0 saturated carbocycles. The fourth-order valence-electron chi connectivity index (χ4n) is 2.11. The predicted octanol–water partition coefficient (Wildman–Crippen LogP) is 3.74. The maximum Gasteiger partial charge on any atom is 0.257 e. The third-order valence-electron chi connectivity index (χ3n) is 3.14. The molecular weight excluding hydrogens is 255 g/mol. The SMILES string of the molecule is CNc1c(F)cccc1C(=O)Nc1ccc(C)cc1C. The van der Waals surface area contributed by atoms with Gasteiger partial charge < -0.3 is 10.6 Å². The lowest BCUT2D eigenvalue weighted by Crippen LogP contribution is -2.15. The minimum atomic E-state index is -0.444. The van der Waals surface area contributed by atoms with E-state index in [4.69, 9.17) is 0 Å². The smallest absolute Gasteiger partial charge is 0.257 e. The summed E-state index contributed by atoms with van der Waals surface area (Å²) in [6, 6.07) is 10.2. The number of para-hydroxylation sites is 1. The topological polar surface area (TPSA) is 41.1 Å². The van der Waals surface area contributed by atoms with Gasteiger partial charge in [-0.3, -0.25) is 4.79 Å². The number of anilines is 2. The highest BCUT2D eigenvalue weighted by Gasteiger charge is 2.14. The van der Waals surface area contributed by atoms with Crippen molar-refractivity contribution in [2.24, 2.45) is 0 Å². The molecule has 0 aliphatic carbocycles. The monoisotopic (exact) mass is 272 g/mol. The maximum absolute atomic E-state index is 13.6. The van der Waals surface area contributed by atoms with Crippen LogP contribution in [0.25, 0.3) is 0 Å². The zero-order chi connectivity index (χ0) is 14.7. The molecular formula is C16H17FN2O. The maximum atomic E-state index is 13.6. The van der Waals surface area contributed by atoms with Gasteiger partial charge in [0.1, 0.15) is 5.82 Å². The molecule has 2 aromatic carbocycles. The summed E-state index contributed by atoms with van der Waals surface area (Å²) in [5.41, 5.74) is 3.32. The van der Waals surface area contributed by atoms with Crippen LogP contribution < -0.4 is 10.6 Å². The Morgan fingerprint density at radius 3 is 2.55 bits per heavy atom. The Labute approximate surface area is 117 Å². The highest BCUT2D eigenvalue weighted by Crippen LogP contribution is 2.22. The van der Waals surface area contributed by atoms with Crippen molar-refractivity contribution in [2.45, 2.75) is 13.8 Å². The van der Waals surface area contributed by atoms with Gasteiger partial charge in [-0.1, -0.05) is 23.8 Å². The Hall–Kier alpha value is -2.36. The summed E-state index contributed by atoms with van der Waals surface area (Å²) in [6.45, 7) is 3.91. The number of hydrogen-bond acceptors (Lipinski definition) is 2. The van der Waals surface area contributed by atoms with E-state index in [0.29, 0.717) is 0 Å². The van der Waals surface area contributed by atoms with Crippen molar-refractivity contribution in [3.05, 3.63) is 58.9 Å². The van der Waals surface area contributed by atoms with Crippen molar-refractivity contribution < 1.29 is 9.18 Å². The van der Waals surface area contributed by atoms with Crippen LogP contribution in [0.5, 0.6) is 0 Å². The van der Waals surface area contributed by atoms with Crippen LogP contribution in [0.15, 0.2) is 36.4 Å². The van der Waals surface area contributed by atoms with Gasteiger partial charge in [0.15, 0.2) is 0 Å². The average molecular weight is 272 g/mol. The molecule has 2 N–H and O–H groups in total. The number of nitrogens with one attached hydrogen (secondary N) is 2. The third-order valence-corrected chi connectivity index (χ3v) is 3.14. The number of benzene rings is 2. The zero-order valence-corrected chi connectivity index (χ0v) is 11.8. The summed E-state index contributed by atoms with van der Waals surface area (Å²) in [7, 11) is 1.59. The van der Waals surface area contributed by atoms with Gasteiger partial charge in [-0.25, -0.2) is 4.39 Å².